The lowest BCUT2D eigenvalue weighted by Crippen LogP contribution is -2.61. The lowest BCUT2D eigenvalue weighted by molar-refractivity contribution is -0.136. The van der Waals surface area contributed by atoms with Crippen LogP contribution in [0, 0.1) is 23.7 Å². The summed E-state index contributed by atoms with van der Waals surface area (Å²) in [6.45, 7) is 14.0. The number of aliphatic hydroxyl groups is 3. The maximum absolute atomic E-state index is 14.2. The van der Waals surface area contributed by atoms with Gasteiger partial charge in [0.25, 0.3) is 0 Å². The highest BCUT2D eigenvalue weighted by atomic mass is 16.3. The number of amides is 8. The molecule has 1 fully saturated rings. The van der Waals surface area contributed by atoms with Crippen LogP contribution >= 0.6 is 0 Å². The molecule has 1 rings (SSSR count). The number of nitrogens with two attached hydrogens (primary N) is 3. The van der Waals surface area contributed by atoms with Crippen LogP contribution in [0.1, 0.15) is 139 Å². The fourth-order valence-corrected chi connectivity index (χ4v) is 8.06. The van der Waals surface area contributed by atoms with E-state index in [0.29, 0.717) is 18.8 Å². The maximum Gasteiger partial charge on any atom is 0.245 e. The zero-order valence-corrected chi connectivity index (χ0v) is 43.7. The van der Waals surface area contributed by atoms with E-state index in [1.165, 1.54) is 0 Å². The average molecular weight is 1010 g/mol. The van der Waals surface area contributed by atoms with Crippen LogP contribution in [0.25, 0.3) is 0 Å². The first-order valence-electron chi connectivity index (χ1n) is 25.7. The van der Waals surface area contributed by atoms with Crippen LogP contribution in [-0.2, 0) is 38.4 Å². The van der Waals surface area contributed by atoms with E-state index in [0.717, 1.165) is 19.3 Å². The Morgan fingerprint density at radius 3 is 1.45 bits per heavy atom. The first-order valence-corrected chi connectivity index (χ1v) is 25.7. The van der Waals surface area contributed by atoms with E-state index in [9.17, 15) is 53.7 Å². The second kappa shape index (κ2) is 34.8. The summed E-state index contributed by atoms with van der Waals surface area (Å²) < 4.78 is 0. The molecule has 410 valence electrons. The fraction of sp³-hybridized carbons (Fsp3) is 0.833. The monoisotopic (exact) mass is 1010 g/mol. The summed E-state index contributed by atoms with van der Waals surface area (Å²) in [5.74, 6) is -6.06. The number of aliphatic hydroxyl groups excluding tert-OH is 3. The molecule has 0 aliphatic carbocycles. The quantitative estimate of drug-likeness (QED) is 0.0453. The van der Waals surface area contributed by atoms with Crippen LogP contribution in [0.5, 0.6) is 0 Å². The standard InChI is InChI=1S/C48H92N12O11/c1-27(2)12-10-9-11-13-31(62)25-40(63)53-39(26-61)48(71)57-35-17-21-52-41(64)36(22-28(3)4)58-43(66)33(15-19-50)54-42(65)32(14-18-49)56-46(69)37(23-29(5)6)60-47(70)38(24-30(7)8)59-44(67)34(16-20-51)55-45(35)68/h27-39,41,52,61-62,64H,9-26,49-51H2,1-8H3,(H,53,63)(H,54,65)(H,55,68)(H,56,69)(H,57,71)(H,58,66)(H,59,67)(H,60,70)/t31-,32+,33+,34+,35+,36+,37+,38-,39-,41?/m1/s1. The minimum Gasteiger partial charge on any atom is -0.394 e. The molecule has 0 aromatic rings. The summed E-state index contributed by atoms with van der Waals surface area (Å²) in [5, 5.41) is 56.2. The van der Waals surface area contributed by atoms with Crippen molar-refractivity contribution in [3.8, 4) is 0 Å². The summed E-state index contributed by atoms with van der Waals surface area (Å²) in [7, 11) is 0. The minimum absolute atomic E-state index is 0.0240. The van der Waals surface area contributed by atoms with Gasteiger partial charge < -0.3 is 75.1 Å². The molecule has 0 aromatic heterocycles. The van der Waals surface area contributed by atoms with Crippen molar-refractivity contribution in [1.82, 2.24) is 47.9 Å². The zero-order chi connectivity index (χ0) is 53.8. The Morgan fingerprint density at radius 1 is 0.592 bits per heavy atom. The van der Waals surface area contributed by atoms with Crippen molar-refractivity contribution in [1.29, 1.82) is 0 Å². The van der Waals surface area contributed by atoms with Gasteiger partial charge in [-0.3, -0.25) is 43.7 Å². The number of carbonyl (C=O) groups excluding carboxylic acids is 8. The molecule has 0 bridgehead atoms. The minimum atomic E-state index is -1.55. The zero-order valence-electron chi connectivity index (χ0n) is 43.7. The summed E-state index contributed by atoms with van der Waals surface area (Å²) in [4.78, 5) is 111. The molecule has 0 aromatic carbocycles. The average Bonchev–Trinajstić information content (AvgIpc) is 3.27. The van der Waals surface area contributed by atoms with Crippen LogP contribution in [0.4, 0.5) is 0 Å². The number of nitrogens with one attached hydrogen (secondary N) is 9. The Kier molecular flexibility index (Phi) is 31.6. The smallest absolute Gasteiger partial charge is 0.245 e. The number of hydrogen-bond donors (Lipinski definition) is 15. The highest BCUT2D eigenvalue weighted by Crippen LogP contribution is 2.14. The van der Waals surface area contributed by atoms with Crippen molar-refractivity contribution < 1.29 is 53.7 Å². The van der Waals surface area contributed by atoms with Crippen LogP contribution in [-0.4, -0.2) is 156 Å². The van der Waals surface area contributed by atoms with Gasteiger partial charge in [-0.25, -0.2) is 0 Å². The summed E-state index contributed by atoms with van der Waals surface area (Å²) in [6, 6.07) is -10.2. The second-order valence-electron chi connectivity index (χ2n) is 20.5. The molecule has 71 heavy (non-hydrogen) atoms. The van der Waals surface area contributed by atoms with Gasteiger partial charge in [-0.15, -0.1) is 0 Å². The molecule has 0 spiro atoms. The number of hydrogen-bond acceptors (Lipinski definition) is 15. The third-order valence-electron chi connectivity index (χ3n) is 11.9. The maximum atomic E-state index is 14.2. The van der Waals surface area contributed by atoms with Crippen molar-refractivity contribution in [2.75, 3.05) is 32.8 Å². The van der Waals surface area contributed by atoms with Gasteiger partial charge in [0, 0.05) is 6.54 Å². The lowest BCUT2D eigenvalue weighted by atomic mass is 9.99. The van der Waals surface area contributed by atoms with Crippen LogP contribution in [0.2, 0.25) is 0 Å². The summed E-state index contributed by atoms with van der Waals surface area (Å²) in [5.41, 5.74) is 17.6. The van der Waals surface area contributed by atoms with Crippen LogP contribution in [0.3, 0.4) is 0 Å². The Labute approximate surface area is 421 Å². The predicted molar refractivity (Wildman–Crippen MR) is 269 cm³/mol. The van der Waals surface area contributed by atoms with Crippen molar-refractivity contribution in [2.45, 2.75) is 200 Å². The molecule has 23 heteroatoms. The SMILES string of the molecule is CC(C)CCCCC[C@@H](O)CC(=O)N[C@H](CO)C(=O)N[C@H]1CCNC(O)[C@H](CC(C)C)NC(=O)[C@H](CCN)NC(=O)[C@H](CCN)NC(=O)[C@H](CC(C)C)NC(=O)[C@@H](CC(C)C)NC(=O)[C@H](CCN)NC1=O. The Bertz CT molecular complexity index is 1660. The number of unbranched alkanes of at least 4 members (excludes halogenated alkanes) is 2. The van der Waals surface area contributed by atoms with Gasteiger partial charge in [0.15, 0.2) is 0 Å². The van der Waals surface area contributed by atoms with Gasteiger partial charge in [-0.2, -0.15) is 0 Å². The van der Waals surface area contributed by atoms with Gasteiger partial charge in [0.05, 0.1) is 25.2 Å². The van der Waals surface area contributed by atoms with Crippen LogP contribution in [0.15, 0.2) is 0 Å². The van der Waals surface area contributed by atoms with Gasteiger partial charge in [-0.1, -0.05) is 81.1 Å². The van der Waals surface area contributed by atoms with Gasteiger partial charge in [-0.05, 0) is 94.7 Å². The Morgan fingerprint density at radius 2 is 1.01 bits per heavy atom. The normalized spacial score (nSPS) is 24.9. The van der Waals surface area contributed by atoms with Crippen LogP contribution < -0.4 is 65.1 Å². The van der Waals surface area contributed by atoms with Crippen molar-refractivity contribution in [3.63, 3.8) is 0 Å². The fourth-order valence-electron chi connectivity index (χ4n) is 8.06. The van der Waals surface area contributed by atoms with Crippen molar-refractivity contribution in [2.24, 2.45) is 40.9 Å². The first kappa shape index (κ1) is 64.5. The molecule has 1 aliphatic rings. The lowest BCUT2D eigenvalue weighted by Gasteiger charge is -2.30. The molecule has 1 aliphatic heterocycles. The highest BCUT2D eigenvalue weighted by Gasteiger charge is 2.35. The first-order chi connectivity index (χ1) is 33.5. The molecule has 1 saturated heterocycles. The van der Waals surface area contributed by atoms with Crippen molar-refractivity contribution in [3.05, 3.63) is 0 Å². The molecular formula is C48H92N12O11. The van der Waals surface area contributed by atoms with E-state index in [-0.39, 0.29) is 95.3 Å². The largest absolute Gasteiger partial charge is 0.394 e. The van der Waals surface area contributed by atoms with E-state index < -0.39 is 115 Å². The Balaban J connectivity index is 3.74. The molecular weight excluding hydrogens is 921 g/mol. The van der Waals surface area contributed by atoms with E-state index in [1.54, 1.807) is 0 Å². The molecule has 23 nitrogen and oxygen atoms in total. The third kappa shape index (κ3) is 26.1. The van der Waals surface area contributed by atoms with E-state index in [4.69, 9.17) is 17.2 Å². The molecule has 0 radical (unpaired) electrons. The van der Waals surface area contributed by atoms with Gasteiger partial charge in [0.2, 0.25) is 47.3 Å². The van der Waals surface area contributed by atoms with Gasteiger partial charge >= 0.3 is 0 Å². The molecule has 10 atom stereocenters. The van der Waals surface area contributed by atoms with Crippen molar-refractivity contribution >= 4 is 47.3 Å². The number of rotatable bonds is 24. The van der Waals surface area contributed by atoms with Gasteiger partial charge in [0.1, 0.15) is 48.5 Å². The molecule has 0 saturated carbocycles. The molecule has 1 unspecified atom stereocenters. The molecule has 1 heterocycles. The third-order valence-corrected chi connectivity index (χ3v) is 11.9. The summed E-state index contributed by atoms with van der Waals surface area (Å²) >= 11 is 0. The van der Waals surface area contributed by atoms with E-state index >= 15 is 0 Å². The van der Waals surface area contributed by atoms with E-state index in [1.807, 2.05) is 41.5 Å². The van der Waals surface area contributed by atoms with E-state index in [2.05, 4.69) is 61.7 Å². The molecule has 8 amide bonds. The highest BCUT2D eigenvalue weighted by molar-refractivity contribution is 5.97. The molecule has 18 N–H and O–H groups in total. The topological polar surface area (TPSA) is 384 Å². The second-order valence-corrected chi connectivity index (χ2v) is 20.5. The number of carbonyl (C=O) groups is 8. The Hall–Kier alpha value is -4.52. The summed E-state index contributed by atoms with van der Waals surface area (Å²) in [6.07, 6.45) is 1.24. The predicted octanol–water partition coefficient (Wildman–Crippen LogP) is -2.29.